The van der Waals surface area contributed by atoms with Crippen molar-refractivity contribution in [2.24, 2.45) is 0 Å². The van der Waals surface area contributed by atoms with Crippen molar-refractivity contribution in [3.8, 4) is 5.75 Å². The molecular formula is C18H12O2S. The molecule has 0 saturated carbocycles. The van der Waals surface area contributed by atoms with Crippen molar-refractivity contribution in [1.29, 1.82) is 0 Å². The molecule has 1 heterocycles. The minimum Gasteiger partial charge on any atom is -0.496 e. The summed E-state index contributed by atoms with van der Waals surface area (Å²) >= 11 is 1.66. The van der Waals surface area contributed by atoms with E-state index in [0.29, 0.717) is 5.39 Å². The number of hydrogen-bond donors (Lipinski definition) is 0. The van der Waals surface area contributed by atoms with Crippen LogP contribution in [0.4, 0.5) is 0 Å². The van der Waals surface area contributed by atoms with Gasteiger partial charge in [0.15, 0.2) is 5.43 Å². The number of benzene rings is 2. The van der Waals surface area contributed by atoms with Gasteiger partial charge in [0, 0.05) is 31.6 Å². The zero-order chi connectivity index (χ0) is 14.4. The minimum absolute atomic E-state index is 0.0582. The molecule has 0 atom stereocenters. The van der Waals surface area contributed by atoms with Crippen LogP contribution in [0, 0.1) is 0 Å². The monoisotopic (exact) mass is 292 g/mol. The summed E-state index contributed by atoms with van der Waals surface area (Å²) in [6, 6.07) is 15.5. The maximum atomic E-state index is 12.9. The molecule has 0 aliphatic heterocycles. The average Bonchev–Trinajstić information content (AvgIpc) is 2.99. The maximum absolute atomic E-state index is 12.9. The van der Waals surface area contributed by atoms with Gasteiger partial charge in [0.25, 0.3) is 0 Å². The van der Waals surface area contributed by atoms with Gasteiger partial charge in [-0.05, 0) is 17.5 Å². The number of rotatable bonds is 1. The summed E-state index contributed by atoms with van der Waals surface area (Å²) in [6.07, 6.45) is 0. The van der Waals surface area contributed by atoms with E-state index < -0.39 is 0 Å². The third kappa shape index (κ3) is 1.68. The lowest BCUT2D eigenvalue weighted by Gasteiger charge is -2.02. The molecule has 1 aromatic heterocycles. The van der Waals surface area contributed by atoms with Crippen LogP contribution in [0.5, 0.6) is 5.75 Å². The van der Waals surface area contributed by atoms with Gasteiger partial charge < -0.3 is 4.74 Å². The Bertz CT molecular complexity index is 1050. The number of methoxy groups -OCH3 is 1. The van der Waals surface area contributed by atoms with Crippen LogP contribution in [0.3, 0.4) is 0 Å². The first kappa shape index (κ1) is 12.4. The van der Waals surface area contributed by atoms with Crippen molar-refractivity contribution in [3.05, 3.63) is 64.1 Å². The summed E-state index contributed by atoms with van der Waals surface area (Å²) < 4.78 is 6.62. The second kappa shape index (κ2) is 4.57. The van der Waals surface area contributed by atoms with Gasteiger partial charge in [0.2, 0.25) is 0 Å². The SMILES string of the molecule is COc1cccc2c(=O)c3ccccc3c3sccc3c12. The van der Waals surface area contributed by atoms with Gasteiger partial charge >= 0.3 is 0 Å². The Hall–Kier alpha value is -2.39. The second-order valence-electron chi connectivity index (χ2n) is 4.92. The summed E-state index contributed by atoms with van der Waals surface area (Å²) in [5.74, 6) is 0.744. The van der Waals surface area contributed by atoms with Gasteiger partial charge in [-0.15, -0.1) is 11.3 Å². The normalized spacial score (nSPS) is 11.3. The van der Waals surface area contributed by atoms with Crippen LogP contribution in [0.1, 0.15) is 0 Å². The number of thiophene rings is 1. The molecule has 4 aromatic rings. The quantitative estimate of drug-likeness (QED) is 0.513. The third-order valence-corrected chi connectivity index (χ3v) is 4.79. The highest BCUT2D eigenvalue weighted by Crippen LogP contribution is 2.36. The van der Waals surface area contributed by atoms with Crippen molar-refractivity contribution in [3.63, 3.8) is 0 Å². The predicted molar refractivity (Wildman–Crippen MR) is 89.7 cm³/mol. The minimum atomic E-state index is 0.0582. The van der Waals surface area contributed by atoms with E-state index in [0.717, 1.165) is 32.0 Å². The van der Waals surface area contributed by atoms with E-state index in [2.05, 4.69) is 11.4 Å². The average molecular weight is 292 g/mol. The Balaban J connectivity index is 2.50. The van der Waals surface area contributed by atoms with E-state index in [-0.39, 0.29) is 5.43 Å². The zero-order valence-electron chi connectivity index (χ0n) is 11.4. The van der Waals surface area contributed by atoms with E-state index in [1.54, 1.807) is 18.4 Å². The van der Waals surface area contributed by atoms with Crippen molar-refractivity contribution in [2.75, 3.05) is 7.11 Å². The molecule has 0 fully saturated rings. The zero-order valence-corrected chi connectivity index (χ0v) is 12.2. The lowest BCUT2D eigenvalue weighted by atomic mass is 10.1. The van der Waals surface area contributed by atoms with E-state index in [4.69, 9.17) is 4.74 Å². The number of fused-ring (bicyclic) bond motifs is 5. The van der Waals surface area contributed by atoms with Crippen molar-refractivity contribution >= 4 is 43.0 Å². The number of hydrogen-bond acceptors (Lipinski definition) is 3. The molecule has 3 aromatic carbocycles. The van der Waals surface area contributed by atoms with Crippen LogP contribution >= 0.6 is 11.3 Å². The molecule has 0 bridgehead atoms. The molecule has 0 unspecified atom stereocenters. The van der Waals surface area contributed by atoms with Gasteiger partial charge in [-0.1, -0.05) is 36.4 Å². The van der Waals surface area contributed by atoms with Crippen LogP contribution in [0.2, 0.25) is 0 Å². The molecule has 0 aliphatic carbocycles. The molecule has 21 heavy (non-hydrogen) atoms. The molecule has 0 radical (unpaired) electrons. The Kier molecular flexibility index (Phi) is 2.69. The van der Waals surface area contributed by atoms with Crippen LogP contribution in [-0.4, -0.2) is 7.11 Å². The first-order chi connectivity index (χ1) is 10.3. The van der Waals surface area contributed by atoms with Gasteiger partial charge in [-0.25, -0.2) is 0 Å². The van der Waals surface area contributed by atoms with E-state index in [1.807, 2.05) is 42.5 Å². The Morgan fingerprint density at radius 3 is 2.43 bits per heavy atom. The summed E-state index contributed by atoms with van der Waals surface area (Å²) in [5, 5.41) is 6.51. The summed E-state index contributed by atoms with van der Waals surface area (Å²) in [6.45, 7) is 0. The Labute approximate surface area is 125 Å². The summed E-state index contributed by atoms with van der Waals surface area (Å²) in [4.78, 5) is 12.9. The highest BCUT2D eigenvalue weighted by Gasteiger charge is 2.12. The van der Waals surface area contributed by atoms with Gasteiger partial charge in [0.05, 0.1) is 7.11 Å². The standard InChI is InChI=1S/C18H12O2S/c1-20-15-8-4-7-13-16(15)14-9-10-21-18(14)12-6-3-2-5-11(12)17(13)19/h2-10H,1H3. The topological polar surface area (TPSA) is 26.3 Å². The van der Waals surface area contributed by atoms with E-state index >= 15 is 0 Å². The molecule has 0 spiro atoms. The molecule has 0 aliphatic rings. The van der Waals surface area contributed by atoms with Crippen molar-refractivity contribution in [1.82, 2.24) is 0 Å². The fourth-order valence-electron chi connectivity index (χ4n) is 2.91. The second-order valence-corrected chi connectivity index (χ2v) is 5.84. The largest absolute Gasteiger partial charge is 0.496 e. The van der Waals surface area contributed by atoms with Gasteiger partial charge in [0.1, 0.15) is 5.75 Å². The summed E-state index contributed by atoms with van der Waals surface area (Å²) in [7, 11) is 1.64. The lowest BCUT2D eigenvalue weighted by molar-refractivity contribution is 0.420. The van der Waals surface area contributed by atoms with Gasteiger partial charge in [-0.2, -0.15) is 0 Å². The summed E-state index contributed by atoms with van der Waals surface area (Å²) in [5.41, 5.74) is 0.0582. The van der Waals surface area contributed by atoms with Crippen LogP contribution in [0.15, 0.2) is 58.7 Å². The fourth-order valence-corrected chi connectivity index (χ4v) is 3.85. The van der Waals surface area contributed by atoms with Crippen molar-refractivity contribution in [2.45, 2.75) is 0 Å². The molecule has 2 nitrogen and oxygen atoms in total. The first-order valence-corrected chi connectivity index (χ1v) is 7.58. The van der Waals surface area contributed by atoms with Crippen LogP contribution < -0.4 is 10.2 Å². The molecular weight excluding hydrogens is 280 g/mol. The Morgan fingerprint density at radius 1 is 0.857 bits per heavy atom. The van der Waals surface area contributed by atoms with Crippen molar-refractivity contribution < 1.29 is 4.74 Å². The molecule has 0 N–H and O–H groups in total. The molecule has 0 amide bonds. The van der Waals surface area contributed by atoms with Crippen LogP contribution in [-0.2, 0) is 0 Å². The van der Waals surface area contributed by atoms with Gasteiger partial charge in [-0.3, -0.25) is 4.79 Å². The smallest absolute Gasteiger partial charge is 0.194 e. The first-order valence-electron chi connectivity index (χ1n) is 6.70. The maximum Gasteiger partial charge on any atom is 0.194 e. The number of ether oxygens (including phenoxy) is 1. The van der Waals surface area contributed by atoms with E-state index in [1.165, 1.54) is 0 Å². The lowest BCUT2D eigenvalue weighted by Crippen LogP contribution is -1.98. The molecule has 102 valence electrons. The highest BCUT2D eigenvalue weighted by molar-refractivity contribution is 7.18. The Morgan fingerprint density at radius 2 is 1.62 bits per heavy atom. The predicted octanol–water partition coefficient (Wildman–Crippen LogP) is 4.58. The molecule has 0 saturated heterocycles. The van der Waals surface area contributed by atoms with E-state index in [9.17, 15) is 4.79 Å². The fraction of sp³-hybridized carbons (Fsp3) is 0.0556. The molecule has 4 rings (SSSR count). The third-order valence-electron chi connectivity index (χ3n) is 3.84. The highest BCUT2D eigenvalue weighted by atomic mass is 32.1. The van der Waals surface area contributed by atoms with Crippen LogP contribution in [0.25, 0.3) is 31.6 Å². The molecule has 3 heteroatoms.